The number of Topliss-reactive ketones (excluding diaryl/α,β-unsaturated/α-hetero) is 3. The first kappa shape index (κ1) is 40.7. The standard InChI is InChI=1S/C47H47N3O6/c1-32(49-46(55)40(27-33-14-6-2-7-15-33)30-41(51)28-34-16-8-3-9-17-34)44(53)47(56)50-42(29-35-18-10-4-11-19-35)43(52)31-39(45(48)54)26-36-22-24-38(25-23-36)37-20-12-5-13-21-37/h2-25,32,39-40,42H,26-31H2,1H3,(H2,48,54)(H,49,55)(H,50,56)/t32?,39-,40-,42+/m1/s1. The summed E-state index contributed by atoms with van der Waals surface area (Å²) in [5.41, 5.74) is 11.1. The zero-order valence-electron chi connectivity index (χ0n) is 31.4. The minimum Gasteiger partial charge on any atom is -0.369 e. The predicted molar refractivity (Wildman–Crippen MR) is 216 cm³/mol. The molecule has 286 valence electrons. The molecule has 5 aromatic carbocycles. The number of nitrogens with two attached hydrogens (primary N) is 1. The van der Waals surface area contributed by atoms with Crippen molar-refractivity contribution >= 4 is 35.1 Å². The van der Waals surface area contributed by atoms with Gasteiger partial charge in [0.2, 0.25) is 17.6 Å². The van der Waals surface area contributed by atoms with E-state index in [2.05, 4.69) is 10.6 Å². The van der Waals surface area contributed by atoms with Gasteiger partial charge in [0.1, 0.15) is 5.78 Å². The molecular formula is C47H47N3O6. The Hall–Kier alpha value is -6.48. The van der Waals surface area contributed by atoms with Gasteiger partial charge in [0.25, 0.3) is 5.91 Å². The average Bonchev–Trinajstić information content (AvgIpc) is 3.21. The van der Waals surface area contributed by atoms with Gasteiger partial charge < -0.3 is 16.4 Å². The van der Waals surface area contributed by atoms with E-state index >= 15 is 0 Å². The van der Waals surface area contributed by atoms with Gasteiger partial charge in [-0.3, -0.25) is 28.8 Å². The molecule has 5 rings (SSSR count). The second kappa shape index (κ2) is 20.3. The van der Waals surface area contributed by atoms with Crippen molar-refractivity contribution in [2.24, 2.45) is 17.6 Å². The molecule has 9 nitrogen and oxygen atoms in total. The van der Waals surface area contributed by atoms with Gasteiger partial charge in [-0.2, -0.15) is 0 Å². The van der Waals surface area contributed by atoms with Gasteiger partial charge in [0.15, 0.2) is 5.78 Å². The molecule has 4 N–H and O–H groups in total. The van der Waals surface area contributed by atoms with Crippen molar-refractivity contribution in [3.05, 3.63) is 168 Å². The van der Waals surface area contributed by atoms with Crippen LogP contribution < -0.4 is 16.4 Å². The minimum atomic E-state index is -1.25. The number of amides is 3. The van der Waals surface area contributed by atoms with E-state index in [0.29, 0.717) is 0 Å². The number of carbonyl (C=O) groups is 6. The van der Waals surface area contributed by atoms with Crippen molar-refractivity contribution in [1.82, 2.24) is 10.6 Å². The van der Waals surface area contributed by atoms with Crippen LogP contribution in [0.15, 0.2) is 146 Å². The number of primary amides is 1. The third-order valence-electron chi connectivity index (χ3n) is 9.76. The summed E-state index contributed by atoms with van der Waals surface area (Å²) < 4.78 is 0. The maximum atomic E-state index is 13.9. The van der Waals surface area contributed by atoms with Gasteiger partial charge in [0.05, 0.1) is 12.1 Å². The smallest absolute Gasteiger partial charge is 0.290 e. The van der Waals surface area contributed by atoms with Crippen LogP contribution in [0.2, 0.25) is 0 Å². The highest BCUT2D eigenvalue weighted by Gasteiger charge is 2.32. The Morgan fingerprint density at radius 3 is 1.54 bits per heavy atom. The molecule has 5 aromatic rings. The molecule has 4 atom stereocenters. The predicted octanol–water partition coefficient (Wildman–Crippen LogP) is 5.82. The fraction of sp³-hybridized carbons (Fsp3) is 0.234. The van der Waals surface area contributed by atoms with Crippen LogP contribution in [0.1, 0.15) is 42.0 Å². The molecule has 0 aliphatic carbocycles. The fourth-order valence-electron chi connectivity index (χ4n) is 6.65. The van der Waals surface area contributed by atoms with Crippen molar-refractivity contribution in [3.8, 4) is 11.1 Å². The highest BCUT2D eigenvalue weighted by molar-refractivity contribution is 6.38. The molecule has 0 bridgehead atoms. The number of hydrogen-bond donors (Lipinski definition) is 3. The number of hydrogen-bond acceptors (Lipinski definition) is 6. The zero-order valence-corrected chi connectivity index (χ0v) is 31.4. The Labute approximate surface area is 327 Å². The molecule has 0 heterocycles. The van der Waals surface area contributed by atoms with Crippen LogP contribution in [0.3, 0.4) is 0 Å². The summed E-state index contributed by atoms with van der Waals surface area (Å²) >= 11 is 0. The SMILES string of the molecule is CC(NC(=O)[C@@H](CC(=O)Cc1ccccc1)Cc1ccccc1)C(=O)C(=O)N[C@@H](Cc1ccccc1)C(=O)C[C@@H](Cc1ccc(-c2ccccc2)cc1)C(N)=O. The van der Waals surface area contributed by atoms with Crippen molar-refractivity contribution in [2.75, 3.05) is 0 Å². The molecule has 0 saturated heterocycles. The van der Waals surface area contributed by atoms with E-state index in [0.717, 1.165) is 33.4 Å². The normalized spacial score (nSPS) is 13.0. The summed E-state index contributed by atoms with van der Waals surface area (Å²) in [5.74, 6) is -5.46. The molecule has 0 spiro atoms. The Kier molecular flexibility index (Phi) is 14.7. The van der Waals surface area contributed by atoms with Crippen molar-refractivity contribution < 1.29 is 28.8 Å². The number of benzene rings is 5. The Morgan fingerprint density at radius 2 is 0.982 bits per heavy atom. The molecule has 56 heavy (non-hydrogen) atoms. The van der Waals surface area contributed by atoms with Gasteiger partial charge >= 0.3 is 0 Å². The van der Waals surface area contributed by atoms with Crippen LogP contribution in [-0.4, -0.2) is 47.2 Å². The maximum Gasteiger partial charge on any atom is 0.290 e. The summed E-state index contributed by atoms with van der Waals surface area (Å²) in [6.45, 7) is 1.39. The lowest BCUT2D eigenvalue weighted by atomic mass is 9.89. The molecule has 0 aliphatic heterocycles. The third-order valence-corrected chi connectivity index (χ3v) is 9.76. The first-order valence-electron chi connectivity index (χ1n) is 18.8. The Balaban J connectivity index is 1.25. The van der Waals surface area contributed by atoms with Crippen molar-refractivity contribution in [1.29, 1.82) is 0 Å². The maximum absolute atomic E-state index is 13.9. The second-order valence-corrected chi connectivity index (χ2v) is 14.1. The fourth-order valence-corrected chi connectivity index (χ4v) is 6.65. The van der Waals surface area contributed by atoms with E-state index in [9.17, 15) is 28.8 Å². The Bertz CT molecular complexity index is 2090. The second-order valence-electron chi connectivity index (χ2n) is 14.1. The summed E-state index contributed by atoms with van der Waals surface area (Å²) in [5, 5.41) is 5.23. The lowest BCUT2D eigenvalue weighted by Crippen LogP contribution is -2.52. The van der Waals surface area contributed by atoms with Gasteiger partial charge in [-0.25, -0.2) is 0 Å². The van der Waals surface area contributed by atoms with Gasteiger partial charge in [-0.15, -0.1) is 0 Å². The molecule has 9 heteroatoms. The lowest BCUT2D eigenvalue weighted by molar-refractivity contribution is -0.141. The van der Waals surface area contributed by atoms with E-state index in [1.54, 1.807) is 24.3 Å². The number of carbonyl (C=O) groups excluding carboxylic acids is 6. The summed E-state index contributed by atoms with van der Waals surface area (Å²) in [6.07, 6.45) is 0.374. The molecule has 0 aromatic heterocycles. The van der Waals surface area contributed by atoms with Crippen LogP contribution >= 0.6 is 0 Å². The van der Waals surface area contributed by atoms with Crippen LogP contribution in [-0.2, 0) is 54.5 Å². The highest BCUT2D eigenvalue weighted by atomic mass is 16.2. The highest BCUT2D eigenvalue weighted by Crippen LogP contribution is 2.22. The van der Waals surface area contributed by atoms with Crippen LogP contribution in [0, 0.1) is 11.8 Å². The van der Waals surface area contributed by atoms with E-state index in [1.165, 1.54) is 6.92 Å². The monoisotopic (exact) mass is 749 g/mol. The van der Waals surface area contributed by atoms with Crippen LogP contribution in [0.25, 0.3) is 11.1 Å². The largest absolute Gasteiger partial charge is 0.369 e. The van der Waals surface area contributed by atoms with Crippen molar-refractivity contribution in [3.63, 3.8) is 0 Å². The number of ketones is 3. The lowest BCUT2D eigenvalue weighted by Gasteiger charge is -2.22. The van der Waals surface area contributed by atoms with Crippen LogP contribution in [0.5, 0.6) is 0 Å². The molecular weight excluding hydrogens is 703 g/mol. The minimum absolute atomic E-state index is 0.0609. The molecule has 1 unspecified atom stereocenters. The molecule has 0 radical (unpaired) electrons. The number of nitrogens with one attached hydrogen (secondary N) is 2. The summed E-state index contributed by atoms with van der Waals surface area (Å²) in [6, 6.07) is 42.6. The van der Waals surface area contributed by atoms with Gasteiger partial charge in [-0.05, 0) is 59.6 Å². The van der Waals surface area contributed by atoms with Crippen LogP contribution in [0.4, 0.5) is 0 Å². The first-order valence-corrected chi connectivity index (χ1v) is 18.8. The van der Waals surface area contributed by atoms with E-state index < -0.39 is 53.2 Å². The van der Waals surface area contributed by atoms with Gasteiger partial charge in [-0.1, -0.05) is 146 Å². The van der Waals surface area contributed by atoms with E-state index in [-0.39, 0.29) is 44.3 Å². The molecule has 0 saturated carbocycles. The zero-order chi connectivity index (χ0) is 39.9. The topological polar surface area (TPSA) is 152 Å². The quantitative estimate of drug-likeness (QED) is 0.0854. The van der Waals surface area contributed by atoms with Gasteiger partial charge in [0, 0.05) is 31.1 Å². The van der Waals surface area contributed by atoms with Crippen molar-refractivity contribution in [2.45, 2.75) is 57.5 Å². The molecule has 0 fully saturated rings. The first-order chi connectivity index (χ1) is 27.0. The summed E-state index contributed by atoms with van der Waals surface area (Å²) in [4.78, 5) is 80.1. The summed E-state index contributed by atoms with van der Waals surface area (Å²) in [7, 11) is 0. The molecule has 0 aliphatic rings. The molecule has 3 amide bonds. The third kappa shape index (κ3) is 12.3. The van der Waals surface area contributed by atoms with E-state index in [1.807, 2.05) is 121 Å². The van der Waals surface area contributed by atoms with E-state index in [4.69, 9.17) is 5.73 Å². The average molecular weight is 750 g/mol. The number of rotatable bonds is 20. The Morgan fingerprint density at radius 1 is 0.518 bits per heavy atom.